The third-order valence-corrected chi connectivity index (χ3v) is 3.50. The number of nitrogens with zero attached hydrogens (tertiary/aromatic N) is 1. The molecule has 3 heteroatoms. The van der Waals surface area contributed by atoms with Gasteiger partial charge in [0.2, 0.25) is 0 Å². The van der Waals surface area contributed by atoms with Gasteiger partial charge in [-0.3, -0.25) is 4.90 Å². The van der Waals surface area contributed by atoms with E-state index in [1.165, 1.54) is 39.0 Å². The van der Waals surface area contributed by atoms with Crippen molar-refractivity contribution in [2.75, 3.05) is 26.2 Å². The molecular formula is C9H17N3. The van der Waals surface area contributed by atoms with Crippen LogP contribution in [-0.2, 0) is 0 Å². The van der Waals surface area contributed by atoms with Crippen LogP contribution >= 0.6 is 0 Å². The maximum Gasteiger partial charge on any atom is 0.0234 e. The van der Waals surface area contributed by atoms with E-state index in [9.17, 15) is 0 Å². The molecule has 3 atom stereocenters. The van der Waals surface area contributed by atoms with Crippen LogP contribution in [0.5, 0.6) is 0 Å². The fraction of sp³-hybridized carbons (Fsp3) is 1.00. The zero-order valence-electron chi connectivity index (χ0n) is 7.42. The highest BCUT2D eigenvalue weighted by molar-refractivity contribution is 5.00. The van der Waals surface area contributed by atoms with E-state index in [2.05, 4.69) is 15.5 Å². The van der Waals surface area contributed by atoms with E-state index >= 15 is 0 Å². The molecule has 4 fully saturated rings. The third kappa shape index (κ3) is 1.08. The van der Waals surface area contributed by atoms with E-state index in [0.717, 1.165) is 18.1 Å². The quantitative estimate of drug-likeness (QED) is 0.546. The maximum atomic E-state index is 3.57. The van der Waals surface area contributed by atoms with Gasteiger partial charge >= 0.3 is 0 Å². The number of piperazine rings is 1. The van der Waals surface area contributed by atoms with Crippen LogP contribution in [0.2, 0.25) is 0 Å². The van der Waals surface area contributed by atoms with E-state index < -0.39 is 0 Å². The highest BCUT2D eigenvalue weighted by Gasteiger charge is 2.39. The van der Waals surface area contributed by atoms with Crippen molar-refractivity contribution in [3.05, 3.63) is 0 Å². The van der Waals surface area contributed by atoms with Crippen LogP contribution in [0.1, 0.15) is 12.8 Å². The summed E-state index contributed by atoms with van der Waals surface area (Å²) in [5, 5.41) is 7.01. The lowest BCUT2D eigenvalue weighted by atomic mass is 9.90. The molecule has 0 aromatic carbocycles. The average molecular weight is 167 g/mol. The van der Waals surface area contributed by atoms with Crippen molar-refractivity contribution in [2.24, 2.45) is 0 Å². The monoisotopic (exact) mass is 167 g/mol. The van der Waals surface area contributed by atoms with Gasteiger partial charge in [-0.1, -0.05) is 0 Å². The molecule has 4 aliphatic heterocycles. The lowest BCUT2D eigenvalue weighted by molar-refractivity contribution is 0.0514. The summed E-state index contributed by atoms with van der Waals surface area (Å²) in [5.74, 6) is 0. The highest BCUT2D eigenvalue weighted by Crippen LogP contribution is 2.23. The Balaban J connectivity index is 1.62. The molecule has 0 radical (unpaired) electrons. The summed E-state index contributed by atoms with van der Waals surface area (Å²) in [6, 6.07) is 2.49. The number of nitrogens with one attached hydrogen (secondary N) is 2. The molecule has 2 N–H and O–H groups in total. The molecule has 4 saturated heterocycles. The molecule has 12 heavy (non-hydrogen) atoms. The standard InChI is InChI=1S/C9H17N3/c1-2-10-4-9(1)12-5-7-3-8(6-12)11-7/h7-11H,1-6H2. The summed E-state index contributed by atoms with van der Waals surface area (Å²) in [7, 11) is 0. The van der Waals surface area contributed by atoms with Crippen molar-refractivity contribution in [3.63, 3.8) is 0 Å². The second-order valence-corrected chi connectivity index (χ2v) is 4.40. The molecule has 4 rings (SSSR count). The first-order valence-electron chi connectivity index (χ1n) is 5.12. The van der Waals surface area contributed by atoms with Gasteiger partial charge in [0.05, 0.1) is 0 Å². The fourth-order valence-electron chi connectivity index (χ4n) is 2.80. The Kier molecular flexibility index (Phi) is 1.63. The van der Waals surface area contributed by atoms with Crippen LogP contribution in [0.4, 0.5) is 0 Å². The van der Waals surface area contributed by atoms with Gasteiger partial charge in [0.15, 0.2) is 0 Å². The normalized spacial score (nSPS) is 47.5. The Morgan fingerprint density at radius 1 is 1.17 bits per heavy atom. The van der Waals surface area contributed by atoms with Gasteiger partial charge in [0, 0.05) is 37.8 Å². The van der Waals surface area contributed by atoms with E-state index in [1.54, 1.807) is 0 Å². The van der Waals surface area contributed by atoms with Crippen LogP contribution < -0.4 is 10.6 Å². The molecule has 0 aromatic heterocycles. The van der Waals surface area contributed by atoms with E-state index in [4.69, 9.17) is 0 Å². The van der Waals surface area contributed by atoms with Gasteiger partial charge in [-0.2, -0.15) is 0 Å². The molecule has 0 amide bonds. The number of hydrogen-bond donors (Lipinski definition) is 2. The topological polar surface area (TPSA) is 27.3 Å². The number of rotatable bonds is 1. The minimum absolute atomic E-state index is 0.823. The first-order valence-corrected chi connectivity index (χ1v) is 5.12. The summed E-state index contributed by atoms with van der Waals surface area (Å²) >= 11 is 0. The molecule has 0 saturated carbocycles. The van der Waals surface area contributed by atoms with Crippen LogP contribution in [0.3, 0.4) is 0 Å². The molecule has 3 unspecified atom stereocenters. The van der Waals surface area contributed by atoms with Gasteiger partial charge in [-0.15, -0.1) is 0 Å². The summed E-state index contributed by atoms with van der Waals surface area (Å²) in [6.07, 6.45) is 2.79. The summed E-state index contributed by atoms with van der Waals surface area (Å²) in [5.41, 5.74) is 0. The Morgan fingerprint density at radius 3 is 2.50 bits per heavy atom. The lowest BCUT2D eigenvalue weighted by Crippen LogP contribution is -2.68. The van der Waals surface area contributed by atoms with E-state index in [1.807, 2.05) is 0 Å². The smallest absolute Gasteiger partial charge is 0.0234 e. The lowest BCUT2D eigenvalue weighted by Gasteiger charge is -2.50. The Morgan fingerprint density at radius 2 is 1.92 bits per heavy atom. The predicted molar refractivity (Wildman–Crippen MR) is 48.2 cm³/mol. The Labute approximate surface area is 73.5 Å². The second-order valence-electron chi connectivity index (χ2n) is 4.40. The van der Waals surface area contributed by atoms with Crippen molar-refractivity contribution in [1.82, 2.24) is 15.5 Å². The zero-order valence-corrected chi connectivity index (χ0v) is 7.42. The zero-order chi connectivity index (χ0) is 7.97. The minimum Gasteiger partial charge on any atom is -0.315 e. The fourth-order valence-corrected chi connectivity index (χ4v) is 2.80. The van der Waals surface area contributed by atoms with Gasteiger partial charge in [0.1, 0.15) is 0 Å². The highest BCUT2D eigenvalue weighted by atomic mass is 15.3. The van der Waals surface area contributed by atoms with Gasteiger partial charge < -0.3 is 10.6 Å². The van der Waals surface area contributed by atoms with Gasteiger partial charge in [0.25, 0.3) is 0 Å². The number of hydrogen-bond acceptors (Lipinski definition) is 3. The van der Waals surface area contributed by atoms with Gasteiger partial charge in [-0.05, 0) is 19.4 Å². The Hall–Kier alpha value is -0.120. The minimum atomic E-state index is 0.823. The van der Waals surface area contributed by atoms with E-state index in [0.29, 0.717) is 0 Å². The molecule has 3 nitrogen and oxygen atoms in total. The van der Waals surface area contributed by atoms with Crippen molar-refractivity contribution in [3.8, 4) is 0 Å². The third-order valence-electron chi connectivity index (χ3n) is 3.50. The molecule has 2 bridgehead atoms. The molecule has 68 valence electrons. The first kappa shape index (κ1) is 7.30. The second kappa shape index (κ2) is 2.69. The molecule has 0 aromatic rings. The average Bonchev–Trinajstić information content (AvgIpc) is 2.55. The van der Waals surface area contributed by atoms with Crippen LogP contribution in [-0.4, -0.2) is 49.2 Å². The molecule has 4 aliphatic rings. The van der Waals surface area contributed by atoms with Crippen molar-refractivity contribution in [2.45, 2.75) is 31.0 Å². The Bertz CT molecular complexity index is 161. The SMILES string of the molecule is C1CC(N2CC3CC(C2)N3)CN1. The first-order chi connectivity index (χ1) is 5.92. The van der Waals surface area contributed by atoms with Crippen LogP contribution in [0.25, 0.3) is 0 Å². The van der Waals surface area contributed by atoms with E-state index in [-0.39, 0.29) is 0 Å². The van der Waals surface area contributed by atoms with Crippen LogP contribution in [0.15, 0.2) is 0 Å². The predicted octanol–water partition coefficient (Wildman–Crippen LogP) is -0.606. The molecular weight excluding hydrogens is 150 g/mol. The summed E-state index contributed by atoms with van der Waals surface area (Å²) in [4.78, 5) is 2.68. The number of piperidine rings is 1. The number of fused-ring (bicyclic) bond motifs is 2. The van der Waals surface area contributed by atoms with Gasteiger partial charge in [-0.25, -0.2) is 0 Å². The van der Waals surface area contributed by atoms with Crippen molar-refractivity contribution >= 4 is 0 Å². The molecule has 0 spiro atoms. The van der Waals surface area contributed by atoms with Crippen molar-refractivity contribution < 1.29 is 0 Å². The maximum absolute atomic E-state index is 3.57. The molecule has 0 aliphatic carbocycles. The van der Waals surface area contributed by atoms with Crippen molar-refractivity contribution in [1.29, 1.82) is 0 Å². The van der Waals surface area contributed by atoms with Crippen LogP contribution in [0, 0.1) is 0 Å². The largest absolute Gasteiger partial charge is 0.315 e. The summed E-state index contributed by atoms with van der Waals surface area (Å²) in [6.45, 7) is 5.04. The summed E-state index contributed by atoms with van der Waals surface area (Å²) < 4.78 is 0. The molecule has 4 heterocycles.